The molecule has 1 aliphatic heterocycles. The summed E-state index contributed by atoms with van der Waals surface area (Å²) in [6.07, 6.45) is 1.87. The van der Waals surface area contributed by atoms with Gasteiger partial charge in [-0.1, -0.05) is 23.4 Å². The first-order valence-corrected chi connectivity index (χ1v) is 9.64. The number of rotatable bonds is 7. The zero-order valence-corrected chi connectivity index (χ0v) is 16.1. The lowest BCUT2D eigenvalue weighted by molar-refractivity contribution is -0.135. The van der Waals surface area contributed by atoms with Gasteiger partial charge in [0.15, 0.2) is 6.10 Å². The van der Waals surface area contributed by atoms with Crippen LogP contribution in [-0.2, 0) is 16.2 Å². The maximum atomic E-state index is 14.1. The second kappa shape index (κ2) is 8.19. The summed E-state index contributed by atoms with van der Waals surface area (Å²) < 4.78 is 32.7. The lowest BCUT2D eigenvalue weighted by Crippen LogP contribution is -2.38. The number of oxime groups is 1. The number of amides is 1. The van der Waals surface area contributed by atoms with Gasteiger partial charge in [-0.15, -0.1) is 0 Å². The van der Waals surface area contributed by atoms with Crippen molar-refractivity contribution in [3.05, 3.63) is 65.2 Å². The minimum Gasteiger partial charge on any atom is -0.496 e. The number of para-hydroxylation sites is 1. The first-order chi connectivity index (χ1) is 14.0. The molecular weight excluding hydrogens is 378 g/mol. The molecule has 5 nitrogen and oxygen atoms in total. The van der Waals surface area contributed by atoms with E-state index in [-0.39, 0.29) is 36.6 Å². The molecule has 2 aromatic rings. The monoisotopic (exact) mass is 400 g/mol. The van der Waals surface area contributed by atoms with Crippen molar-refractivity contribution in [1.82, 2.24) is 4.90 Å². The average molecular weight is 400 g/mol. The predicted octanol–water partition coefficient (Wildman–Crippen LogP) is 3.91. The van der Waals surface area contributed by atoms with Crippen molar-refractivity contribution in [3.8, 4) is 5.75 Å². The molecule has 0 N–H and O–H groups in total. The predicted molar refractivity (Wildman–Crippen MR) is 104 cm³/mol. The number of ether oxygens (including phenoxy) is 1. The summed E-state index contributed by atoms with van der Waals surface area (Å²) in [6, 6.07) is 11.0. The molecule has 2 aromatic carbocycles. The van der Waals surface area contributed by atoms with Gasteiger partial charge >= 0.3 is 0 Å². The van der Waals surface area contributed by atoms with Gasteiger partial charge in [0.25, 0.3) is 0 Å². The molecule has 1 amide bonds. The summed E-state index contributed by atoms with van der Waals surface area (Å²) >= 11 is 0. The van der Waals surface area contributed by atoms with E-state index in [4.69, 9.17) is 9.57 Å². The Bertz CT molecular complexity index is 943. The summed E-state index contributed by atoms with van der Waals surface area (Å²) in [5.41, 5.74) is 1.88. The summed E-state index contributed by atoms with van der Waals surface area (Å²) in [6.45, 7) is 0.361. The number of hydrogen-bond acceptors (Lipinski definition) is 4. The highest BCUT2D eigenvalue weighted by Crippen LogP contribution is 2.32. The van der Waals surface area contributed by atoms with E-state index in [1.165, 1.54) is 12.1 Å². The molecule has 1 heterocycles. The molecule has 0 unspecified atom stereocenters. The zero-order valence-electron chi connectivity index (χ0n) is 16.1. The van der Waals surface area contributed by atoms with Crippen LogP contribution < -0.4 is 4.74 Å². The molecule has 29 heavy (non-hydrogen) atoms. The fourth-order valence-corrected chi connectivity index (χ4v) is 3.49. The topological polar surface area (TPSA) is 51.1 Å². The van der Waals surface area contributed by atoms with Crippen LogP contribution in [0.2, 0.25) is 0 Å². The fraction of sp³-hybridized carbons (Fsp3) is 0.364. The van der Waals surface area contributed by atoms with E-state index in [0.29, 0.717) is 12.2 Å². The molecule has 0 spiro atoms. The van der Waals surface area contributed by atoms with Gasteiger partial charge in [-0.05, 0) is 31.0 Å². The first kappa shape index (κ1) is 19.4. The maximum absolute atomic E-state index is 14.1. The Morgan fingerprint density at radius 2 is 2.03 bits per heavy atom. The van der Waals surface area contributed by atoms with E-state index in [2.05, 4.69) is 5.16 Å². The summed E-state index contributed by atoms with van der Waals surface area (Å²) in [7, 11) is 1.60. The summed E-state index contributed by atoms with van der Waals surface area (Å²) in [5.74, 6) is -0.635. The number of hydrogen-bond donors (Lipinski definition) is 0. The number of benzene rings is 2. The zero-order chi connectivity index (χ0) is 20.4. The molecule has 0 radical (unpaired) electrons. The van der Waals surface area contributed by atoms with Crippen molar-refractivity contribution in [2.24, 2.45) is 11.1 Å². The second-order valence-electron chi connectivity index (χ2n) is 7.40. The van der Waals surface area contributed by atoms with Gasteiger partial charge in [0, 0.05) is 36.1 Å². The largest absolute Gasteiger partial charge is 0.496 e. The molecule has 0 saturated heterocycles. The van der Waals surface area contributed by atoms with Gasteiger partial charge in [0.05, 0.1) is 19.4 Å². The van der Waals surface area contributed by atoms with Gasteiger partial charge in [-0.3, -0.25) is 4.79 Å². The lowest BCUT2D eigenvalue weighted by Gasteiger charge is -2.25. The normalized spacial score (nSPS) is 18.2. The van der Waals surface area contributed by atoms with Gasteiger partial charge in [-0.2, -0.15) is 0 Å². The summed E-state index contributed by atoms with van der Waals surface area (Å²) in [5, 5.41) is 4.18. The molecule has 1 fully saturated rings. The molecule has 1 atom stereocenters. The number of carbonyl (C=O) groups excluding carboxylic acids is 1. The SMILES string of the molecule is COc1ccccc1C1=NO[C@@H](CN(Cc2ccc(F)cc2F)C(=O)C2CC2)C1. The Morgan fingerprint density at radius 3 is 2.76 bits per heavy atom. The van der Waals surface area contributed by atoms with E-state index in [1.807, 2.05) is 24.3 Å². The van der Waals surface area contributed by atoms with Gasteiger partial charge < -0.3 is 14.5 Å². The highest BCUT2D eigenvalue weighted by Gasteiger charge is 2.36. The van der Waals surface area contributed by atoms with Crippen molar-refractivity contribution in [3.63, 3.8) is 0 Å². The molecule has 0 bridgehead atoms. The molecule has 7 heteroatoms. The third kappa shape index (κ3) is 4.39. The van der Waals surface area contributed by atoms with E-state index >= 15 is 0 Å². The molecule has 1 aliphatic carbocycles. The van der Waals surface area contributed by atoms with E-state index < -0.39 is 11.6 Å². The van der Waals surface area contributed by atoms with Crippen molar-refractivity contribution < 1.29 is 23.1 Å². The molecule has 152 valence electrons. The molecular formula is C22H22F2N2O3. The second-order valence-corrected chi connectivity index (χ2v) is 7.40. The standard InChI is InChI=1S/C22H22F2N2O3/c1-28-21-5-3-2-4-18(21)20-11-17(29-25-20)13-26(22(27)14-6-7-14)12-15-8-9-16(23)10-19(15)24/h2-5,8-10,14,17H,6-7,11-13H2,1H3/t17-/m1/s1. The highest BCUT2D eigenvalue weighted by atomic mass is 19.1. The smallest absolute Gasteiger partial charge is 0.226 e. The van der Waals surface area contributed by atoms with Crippen LogP contribution in [0.5, 0.6) is 5.75 Å². The van der Waals surface area contributed by atoms with Crippen LogP contribution in [0.15, 0.2) is 47.6 Å². The van der Waals surface area contributed by atoms with Crippen LogP contribution >= 0.6 is 0 Å². The third-order valence-electron chi connectivity index (χ3n) is 5.19. The van der Waals surface area contributed by atoms with Gasteiger partial charge in [0.1, 0.15) is 17.4 Å². The Balaban J connectivity index is 1.46. The highest BCUT2D eigenvalue weighted by molar-refractivity contribution is 6.03. The number of halogens is 2. The summed E-state index contributed by atoms with van der Waals surface area (Å²) in [4.78, 5) is 19.9. The van der Waals surface area contributed by atoms with Gasteiger partial charge in [-0.25, -0.2) is 8.78 Å². The van der Waals surface area contributed by atoms with E-state index in [9.17, 15) is 13.6 Å². The van der Waals surface area contributed by atoms with Crippen molar-refractivity contribution in [1.29, 1.82) is 0 Å². The van der Waals surface area contributed by atoms with E-state index in [1.54, 1.807) is 12.0 Å². The van der Waals surface area contributed by atoms with Crippen molar-refractivity contribution in [2.75, 3.05) is 13.7 Å². The minimum absolute atomic E-state index is 0.0190. The Labute approximate surface area is 167 Å². The molecule has 0 aromatic heterocycles. The molecule has 1 saturated carbocycles. The maximum Gasteiger partial charge on any atom is 0.226 e. The molecule has 4 rings (SSSR count). The van der Waals surface area contributed by atoms with Crippen LogP contribution in [0.25, 0.3) is 0 Å². The van der Waals surface area contributed by atoms with Crippen molar-refractivity contribution >= 4 is 11.6 Å². The number of methoxy groups -OCH3 is 1. The Hall–Kier alpha value is -2.96. The first-order valence-electron chi connectivity index (χ1n) is 9.64. The fourth-order valence-electron chi connectivity index (χ4n) is 3.49. The van der Waals surface area contributed by atoms with Crippen LogP contribution in [-0.4, -0.2) is 36.3 Å². The van der Waals surface area contributed by atoms with Crippen LogP contribution in [0.3, 0.4) is 0 Å². The lowest BCUT2D eigenvalue weighted by atomic mass is 10.0. The quantitative estimate of drug-likeness (QED) is 0.708. The Kier molecular flexibility index (Phi) is 5.47. The van der Waals surface area contributed by atoms with Crippen LogP contribution in [0.4, 0.5) is 8.78 Å². The average Bonchev–Trinajstić information content (AvgIpc) is 3.47. The minimum atomic E-state index is -0.656. The van der Waals surface area contributed by atoms with E-state index in [0.717, 1.165) is 30.2 Å². The van der Waals surface area contributed by atoms with Gasteiger partial charge in [0.2, 0.25) is 5.91 Å². The third-order valence-corrected chi connectivity index (χ3v) is 5.19. The number of carbonyl (C=O) groups is 1. The van der Waals surface area contributed by atoms with Crippen molar-refractivity contribution in [2.45, 2.75) is 31.9 Å². The molecule has 2 aliphatic rings. The number of nitrogens with zero attached hydrogens (tertiary/aromatic N) is 2. The Morgan fingerprint density at radius 1 is 1.24 bits per heavy atom. The van der Waals surface area contributed by atoms with Crippen LogP contribution in [0.1, 0.15) is 30.4 Å². The van der Waals surface area contributed by atoms with Crippen LogP contribution in [0, 0.1) is 17.6 Å².